The number of rotatable bonds is 4. The van der Waals surface area contributed by atoms with Crippen molar-refractivity contribution < 1.29 is 9.21 Å². The Bertz CT molecular complexity index is 623. The third-order valence-electron chi connectivity index (χ3n) is 4.30. The van der Waals surface area contributed by atoms with E-state index in [9.17, 15) is 4.79 Å². The van der Waals surface area contributed by atoms with E-state index in [1.807, 2.05) is 6.07 Å². The Kier molecular flexibility index (Phi) is 4.29. The zero-order chi connectivity index (χ0) is 15.5. The minimum absolute atomic E-state index is 0.365. The Morgan fingerprint density at radius 3 is 2.23 bits per heavy atom. The fraction of sp³-hybridized carbons (Fsp3) is 0.389. The maximum atomic E-state index is 10.7. The number of nitrogens with zero attached hydrogens (tertiary/aromatic N) is 2. The van der Waals surface area contributed by atoms with Crippen LogP contribution in [-0.4, -0.2) is 43.4 Å². The van der Waals surface area contributed by atoms with E-state index in [0.717, 1.165) is 43.8 Å². The summed E-state index contributed by atoms with van der Waals surface area (Å²) < 4.78 is 5.46. The first-order valence-corrected chi connectivity index (χ1v) is 7.82. The molecule has 1 aliphatic heterocycles. The molecule has 116 valence electrons. The van der Waals surface area contributed by atoms with Crippen molar-refractivity contribution in [2.45, 2.75) is 19.9 Å². The van der Waals surface area contributed by atoms with Crippen LogP contribution in [0.4, 0.5) is 5.69 Å². The number of carbonyl (C=O) groups excluding carboxylic acids is 1. The van der Waals surface area contributed by atoms with Gasteiger partial charge in [-0.1, -0.05) is 0 Å². The van der Waals surface area contributed by atoms with Crippen LogP contribution in [0, 0.1) is 0 Å². The van der Waals surface area contributed by atoms with Crippen molar-refractivity contribution in [2.24, 2.45) is 0 Å². The molecule has 0 spiro atoms. The molecule has 0 unspecified atom stereocenters. The molecule has 3 rings (SSSR count). The summed E-state index contributed by atoms with van der Waals surface area (Å²) in [6.45, 7) is 8.85. The molecule has 0 saturated carbocycles. The van der Waals surface area contributed by atoms with Crippen LogP contribution in [0.25, 0.3) is 11.3 Å². The summed E-state index contributed by atoms with van der Waals surface area (Å²) in [5.41, 5.74) is 2.24. The highest BCUT2D eigenvalue weighted by atomic mass is 16.3. The Morgan fingerprint density at radius 2 is 1.68 bits per heavy atom. The molecule has 1 saturated heterocycles. The number of anilines is 1. The van der Waals surface area contributed by atoms with E-state index < -0.39 is 0 Å². The lowest BCUT2D eigenvalue weighted by atomic mass is 10.1. The van der Waals surface area contributed by atoms with Crippen molar-refractivity contribution in [1.82, 2.24) is 4.90 Å². The first-order chi connectivity index (χ1) is 10.7. The zero-order valence-corrected chi connectivity index (χ0v) is 13.2. The maximum absolute atomic E-state index is 10.7. The smallest absolute Gasteiger partial charge is 0.185 e. The first kappa shape index (κ1) is 14.9. The van der Waals surface area contributed by atoms with Crippen LogP contribution in [0.5, 0.6) is 0 Å². The summed E-state index contributed by atoms with van der Waals surface area (Å²) in [4.78, 5) is 15.6. The lowest BCUT2D eigenvalue weighted by Crippen LogP contribution is -2.48. The normalized spacial score (nSPS) is 16.2. The highest BCUT2D eigenvalue weighted by molar-refractivity contribution is 5.73. The molecule has 1 aliphatic rings. The Balaban J connectivity index is 1.68. The predicted octanol–water partition coefficient (Wildman–Crippen LogP) is 3.29. The van der Waals surface area contributed by atoms with Crippen LogP contribution in [0.15, 0.2) is 40.8 Å². The largest absolute Gasteiger partial charge is 0.453 e. The van der Waals surface area contributed by atoms with Gasteiger partial charge in [-0.15, -0.1) is 0 Å². The standard InChI is InChI=1S/C18H22N2O2/c1-14(2)19-9-11-20(12-10-19)16-5-3-15(4-6-16)18-8-7-17(13-21)22-18/h3-8,13-14H,9-12H2,1-2H3. The summed E-state index contributed by atoms with van der Waals surface area (Å²) in [6, 6.07) is 12.5. The Morgan fingerprint density at radius 1 is 1.00 bits per heavy atom. The summed E-state index contributed by atoms with van der Waals surface area (Å²) in [5.74, 6) is 1.10. The fourth-order valence-electron chi connectivity index (χ4n) is 2.90. The van der Waals surface area contributed by atoms with Gasteiger partial charge in [-0.3, -0.25) is 9.69 Å². The van der Waals surface area contributed by atoms with E-state index >= 15 is 0 Å². The van der Waals surface area contributed by atoms with Gasteiger partial charge in [0.25, 0.3) is 0 Å². The number of aldehydes is 1. The van der Waals surface area contributed by atoms with Gasteiger partial charge in [-0.25, -0.2) is 0 Å². The van der Waals surface area contributed by atoms with Crippen molar-refractivity contribution in [2.75, 3.05) is 31.1 Å². The molecular weight excluding hydrogens is 276 g/mol. The highest BCUT2D eigenvalue weighted by Crippen LogP contribution is 2.25. The molecular formula is C18H22N2O2. The highest BCUT2D eigenvalue weighted by Gasteiger charge is 2.18. The maximum Gasteiger partial charge on any atom is 0.185 e. The summed E-state index contributed by atoms with van der Waals surface area (Å²) in [5, 5.41) is 0. The molecule has 4 heteroatoms. The quantitative estimate of drug-likeness (QED) is 0.812. The molecule has 0 amide bonds. The van der Waals surface area contributed by atoms with Gasteiger partial charge in [0.1, 0.15) is 5.76 Å². The minimum atomic E-state index is 0.365. The van der Waals surface area contributed by atoms with E-state index in [0.29, 0.717) is 11.8 Å². The lowest BCUT2D eigenvalue weighted by Gasteiger charge is -2.38. The van der Waals surface area contributed by atoms with Crippen LogP contribution in [0.3, 0.4) is 0 Å². The predicted molar refractivity (Wildman–Crippen MR) is 88.5 cm³/mol. The van der Waals surface area contributed by atoms with E-state index in [-0.39, 0.29) is 0 Å². The van der Waals surface area contributed by atoms with Gasteiger partial charge >= 0.3 is 0 Å². The third-order valence-corrected chi connectivity index (χ3v) is 4.30. The van der Waals surface area contributed by atoms with Gasteiger partial charge in [0.05, 0.1) is 0 Å². The molecule has 1 aromatic carbocycles. The van der Waals surface area contributed by atoms with Gasteiger partial charge in [0, 0.05) is 43.5 Å². The fourth-order valence-corrected chi connectivity index (χ4v) is 2.90. The van der Waals surface area contributed by atoms with Gasteiger partial charge < -0.3 is 9.32 Å². The van der Waals surface area contributed by atoms with Crippen LogP contribution in [0.2, 0.25) is 0 Å². The van der Waals surface area contributed by atoms with Crippen molar-refractivity contribution >= 4 is 12.0 Å². The number of furan rings is 1. The Labute approximate surface area is 131 Å². The second-order valence-electron chi connectivity index (χ2n) is 5.98. The number of carbonyl (C=O) groups is 1. The summed E-state index contributed by atoms with van der Waals surface area (Å²) >= 11 is 0. The van der Waals surface area contributed by atoms with E-state index in [2.05, 4.69) is 47.9 Å². The number of benzene rings is 1. The van der Waals surface area contributed by atoms with Crippen molar-refractivity contribution in [3.63, 3.8) is 0 Å². The van der Waals surface area contributed by atoms with E-state index in [1.165, 1.54) is 5.69 Å². The molecule has 4 nitrogen and oxygen atoms in total. The van der Waals surface area contributed by atoms with Gasteiger partial charge in [0.15, 0.2) is 12.0 Å². The van der Waals surface area contributed by atoms with Crippen LogP contribution in [-0.2, 0) is 0 Å². The molecule has 2 aromatic rings. The monoisotopic (exact) mass is 298 g/mol. The minimum Gasteiger partial charge on any atom is -0.453 e. The first-order valence-electron chi connectivity index (χ1n) is 7.82. The molecule has 1 aromatic heterocycles. The molecule has 0 aliphatic carbocycles. The zero-order valence-electron chi connectivity index (χ0n) is 13.2. The average Bonchev–Trinajstić information content (AvgIpc) is 3.04. The van der Waals surface area contributed by atoms with Crippen molar-refractivity contribution in [3.8, 4) is 11.3 Å². The van der Waals surface area contributed by atoms with Crippen LogP contribution >= 0.6 is 0 Å². The van der Waals surface area contributed by atoms with E-state index in [4.69, 9.17) is 4.42 Å². The molecule has 1 fully saturated rings. The topological polar surface area (TPSA) is 36.7 Å². The molecule has 0 bridgehead atoms. The molecule has 0 N–H and O–H groups in total. The van der Waals surface area contributed by atoms with Crippen LogP contribution < -0.4 is 4.90 Å². The SMILES string of the molecule is CC(C)N1CCN(c2ccc(-c3ccc(C=O)o3)cc2)CC1. The number of piperazine rings is 1. The van der Waals surface area contributed by atoms with Crippen LogP contribution in [0.1, 0.15) is 24.4 Å². The number of hydrogen-bond donors (Lipinski definition) is 0. The summed E-state index contributed by atoms with van der Waals surface area (Å²) in [7, 11) is 0. The number of hydrogen-bond acceptors (Lipinski definition) is 4. The second kappa shape index (κ2) is 6.36. The molecule has 2 heterocycles. The molecule has 22 heavy (non-hydrogen) atoms. The van der Waals surface area contributed by atoms with Crippen molar-refractivity contribution in [1.29, 1.82) is 0 Å². The van der Waals surface area contributed by atoms with Crippen molar-refractivity contribution in [3.05, 3.63) is 42.2 Å². The van der Waals surface area contributed by atoms with E-state index in [1.54, 1.807) is 6.07 Å². The van der Waals surface area contributed by atoms with Gasteiger partial charge in [-0.2, -0.15) is 0 Å². The molecule has 0 radical (unpaired) electrons. The third kappa shape index (κ3) is 3.07. The Hall–Kier alpha value is -2.07. The lowest BCUT2D eigenvalue weighted by molar-refractivity contribution is 0.110. The average molecular weight is 298 g/mol. The second-order valence-corrected chi connectivity index (χ2v) is 5.98. The van der Waals surface area contributed by atoms with Gasteiger partial charge in [-0.05, 0) is 50.2 Å². The molecule has 0 atom stereocenters. The van der Waals surface area contributed by atoms with Gasteiger partial charge in [0.2, 0.25) is 0 Å². The summed E-state index contributed by atoms with van der Waals surface area (Å²) in [6.07, 6.45) is 0.728.